The van der Waals surface area contributed by atoms with Crippen molar-refractivity contribution < 1.29 is 4.52 Å². The van der Waals surface area contributed by atoms with E-state index in [9.17, 15) is 0 Å². The third kappa shape index (κ3) is 2.40. The van der Waals surface area contributed by atoms with Crippen molar-refractivity contribution in [2.45, 2.75) is 18.8 Å². The lowest BCUT2D eigenvalue weighted by Gasteiger charge is -2.19. The topological polar surface area (TPSA) is 63.8 Å². The number of fused-ring (bicyclic) bond motifs is 1. The molecular weight excluding hydrogens is 264 g/mol. The summed E-state index contributed by atoms with van der Waals surface area (Å²) in [4.78, 5) is 8.89. The van der Waals surface area contributed by atoms with Gasteiger partial charge in [0.2, 0.25) is 0 Å². The molecule has 0 saturated carbocycles. The molecule has 1 atom stereocenters. The predicted molar refractivity (Wildman–Crippen MR) is 79.9 cm³/mol. The summed E-state index contributed by atoms with van der Waals surface area (Å²) in [7, 11) is 0. The molecule has 1 saturated heterocycles. The summed E-state index contributed by atoms with van der Waals surface area (Å²) >= 11 is 0. The molecule has 1 N–H and O–H groups in total. The fourth-order valence-corrected chi connectivity index (χ4v) is 2.80. The van der Waals surface area contributed by atoms with Crippen LogP contribution in [0.25, 0.3) is 22.4 Å². The Morgan fingerprint density at radius 2 is 2.24 bits per heavy atom. The van der Waals surface area contributed by atoms with Gasteiger partial charge in [0, 0.05) is 29.6 Å². The molecule has 1 aliphatic rings. The molecule has 0 aliphatic carbocycles. The number of hydrogen-bond donors (Lipinski definition) is 1. The van der Waals surface area contributed by atoms with Gasteiger partial charge >= 0.3 is 0 Å². The van der Waals surface area contributed by atoms with Crippen LogP contribution >= 0.6 is 0 Å². The minimum atomic E-state index is 0.360. The highest BCUT2D eigenvalue weighted by atomic mass is 16.5. The van der Waals surface area contributed by atoms with Crippen molar-refractivity contribution in [2.75, 3.05) is 13.1 Å². The number of piperidine rings is 1. The molecule has 3 aromatic rings. The zero-order valence-corrected chi connectivity index (χ0v) is 11.6. The number of nitrogens with one attached hydrogen (secondary N) is 1. The van der Waals surface area contributed by atoms with E-state index in [0.29, 0.717) is 11.8 Å². The molecule has 21 heavy (non-hydrogen) atoms. The van der Waals surface area contributed by atoms with E-state index in [4.69, 9.17) is 4.52 Å². The molecule has 5 heteroatoms. The van der Waals surface area contributed by atoms with E-state index < -0.39 is 0 Å². The first-order valence-electron chi connectivity index (χ1n) is 7.29. The third-order valence-corrected chi connectivity index (χ3v) is 3.95. The molecule has 106 valence electrons. The van der Waals surface area contributed by atoms with E-state index in [0.717, 1.165) is 48.2 Å². The molecule has 4 rings (SSSR count). The molecule has 1 aliphatic heterocycles. The molecule has 5 nitrogen and oxygen atoms in total. The monoisotopic (exact) mass is 280 g/mol. The van der Waals surface area contributed by atoms with Gasteiger partial charge in [-0.1, -0.05) is 11.2 Å². The Bertz CT molecular complexity index is 762. The minimum Gasteiger partial charge on any atom is -0.334 e. The van der Waals surface area contributed by atoms with Crippen LogP contribution in [-0.2, 0) is 0 Å². The number of pyridine rings is 1. The lowest BCUT2D eigenvalue weighted by Crippen LogP contribution is -2.28. The van der Waals surface area contributed by atoms with Crippen LogP contribution in [0.15, 0.2) is 41.1 Å². The van der Waals surface area contributed by atoms with Gasteiger partial charge in [0.05, 0.1) is 5.52 Å². The highest BCUT2D eigenvalue weighted by molar-refractivity contribution is 5.82. The number of aromatic nitrogens is 3. The Morgan fingerprint density at radius 1 is 1.24 bits per heavy atom. The van der Waals surface area contributed by atoms with Gasteiger partial charge < -0.3 is 9.84 Å². The van der Waals surface area contributed by atoms with E-state index in [1.54, 1.807) is 6.20 Å². The van der Waals surface area contributed by atoms with Gasteiger partial charge in [0.1, 0.15) is 0 Å². The summed E-state index contributed by atoms with van der Waals surface area (Å²) in [5, 5.41) is 8.61. The molecule has 0 bridgehead atoms. The van der Waals surface area contributed by atoms with Crippen LogP contribution in [0, 0.1) is 0 Å². The summed E-state index contributed by atoms with van der Waals surface area (Å²) in [6, 6.07) is 9.97. The third-order valence-electron chi connectivity index (χ3n) is 3.95. The molecule has 0 amide bonds. The first kappa shape index (κ1) is 12.5. The van der Waals surface area contributed by atoms with Crippen LogP contribution in [0.2, 0.25) is 0 Å². The average Bonchev–Trinajstić information content (AvgIpc) is 3.05. The maximum Gasteiger partial charge on any atom is 0.257 e. The Balaban J connectivity index is 1.67. The van der Waals surface area contributed by atoms with Crippen molar-refractivity contribution in [1.82, 2.24) is 20.4 Å². The van der Waals surface area contributed by atoms with Gasteiger partial charge in [-0.15, -0.1) is 0 Å². The fourth-order valence-electron chi connectivity index (χ4n) is 2.80. The van der Waals surface area contributed by atoms with Gasteiger partial charge in [0.15, 0.2) is 5.82 Å². The largest absolute Gasteiger partial charge is 0.334 e. The zero-order valence-electron chi connectivity index (χ0n) is 11.6. The highest BCUT2D eigenvalue weighted by Gasteiger charge is 2.21. The Kier molecular flexibility index (Phi) is 3.12. The Hall–Kier alpha value is -2.27. The summed E-state index contributed by atoms with van der Waals surface area (Å²) < 4.78 is 5.44. The van der Waals surface area contributed by atoms with Crippen LogP contribution in [0.3, 0.4) is 0 Å². The van der Waals surface area contributed by atoms with E-state index in [2.05, 4.69) is 20.4 Å². The van der Waals surface area contributed by atoms with Gasteiger partial charge in [-0.25, -0.2) is 0 Å². The van der Waals surface area contributed by atoms with Crippen LogP contribution in [0.1, 0.15) is 24.6 Å². The molecular formula is C16H16N4O. The molecule has 2 aromatic heterocycles. The van der Waals surface area contributed by atoms with Crippen LogP contribution < -0.4 is 5.32 Å². The average molecular weight is 280 g/mol. The number of hydrogen-bond acceptors (Lipinski definition) is 5. The molecule has 3 heterocycles. The van der Waals surface area contributed by atoms with E-state index in [1.807, 2.05) is 30.3 Å². The molecule has 1 aromatic carbocycles. The molecule has 0 radical (unpaired) electrons. The van der Waals surface area contributed by atoms with Crippen molar-refractivity contribution in [3.63, 3.8) is 0 Å². The van der Waals surface area contributed by atoms with E-state index >= 15 is 0 Å². The van der Waals surface area contributed by atoms with Crippen molar-refractivity contribution in [2.24, 2.45) is 0 Å². The van der Waals surface area contributed by atoms with Crippen molar-refractivity contribution in [3.05, 3.63) is 42.4 Å². The predicted octanol–water partition coefficient (Wildman–Crippen LogP) is 2.75. The summed E-state index contributed by atoms with van der Waals surface area (Å²) in [5.74, 6) is 1.75. The second kappa shape index (κ2) is 5.26. The number of benzene rings is 1. The fraction of sp³-hybridized carbons (Fsp3) is 0.312. The Morgan fingerprint density at radius 3 is 3.14 bits per heavy atom. The molecule has 1 fully saturated rings. The molecule has 0 spiro atoms. The highest BCUT2D eigenvalue weighted by Crippen LogP contribution is 2.26. The minimum absolute atomic E-state index is 0.360. The summed E-state index contributed by atoms with van der Waals surface area (Å²) in [5.41, 5.74) is 1.91. The van der Waals surface area contributed by atoms with E-state index in [-0.39, 0.29) is 0 Å². The van der Waals surface area contributed by atoms with E-state index in [1.165, 1.54) is 0 Å². The van der Waals surface area contributed by atoms with Gasteiger partial charge in [0.25, 0.3) is 5.89 Å². The number of nitrogens with zero attached hydrogens (tertiary/aromatic N) is 3. The summed E-state index contributed by atoms with van der Waals surface area (Å²) in [6.07, 6.45) is 4.08. The van der Waals surface area contributed by atoms with Crippen LogP contribution in [0.5, 0.6) is 0 Å². The molecule has 1 unspecified atom stereocenters. The smallest absolute Gasteiger partial charge is 0.257 e. The number of rotatable bonds is 2. The maximum atomic E-state index is 5.44. The first-order valence-corrected chi connectivity index (χ1v) is 7.29. The normalized spacial score (nSPS) is 19.0. The lowest BCUT2D eigenvalue weighted by molar-refractivity contribution is 0.393. The quantitative estimate of drug-likeness (QED) is 0.782. The maximum absolute atomic E-state index is 5.44. The van der Waals surface area contributed by atoms with Gasteiger partial charge in [-0.2, -0.15) is 4.98 Å². The Labute approximate surface area is 122 Å². The summed E-state index contributed by atoms with van der Waals surface area (Å²) in [6.45, 7) is 2.01. The van der Waals surface area contributed by atoms with Crippen LogP contribution in [-0.4, -0.2) is 28.2 Å². The SMILES string of the molecule is c1cnc2ccc(-c3nc(C4CCCNC4)no3)cc2c1. The second-order valence-electron chi connectivity index (χ2n) is 5.41. The first-order chi connectivity index (χ1) is 10.4. The van der Waals surface area contributed by atoms with Gasteiger partial charge in [-0.05, 0) is 43.7 Å². The van der Waals surface area contributed by atoms with Crippen molar-refractivity contribution in [1.29, 1.82) is 0 Å². The van der Waals surface area contributed by atoms with Crippen molar-refractivity contribution in [3.8, 4) is 11.5 Å². The zero-order chi connectivity index (χ0) is 14.1. The second-order valence-corrected chi connectivity index (χ2v) is 5.41. The van der Waals surface area contributed by atoms with Crippen molar-refractivity contribution >= 4 is 10.9 Å². The lowest BCUT2D eigenvalue weighted by atomic mass is 9.99. The standard InChI is InChI=1S/C16H16N4O/c1-4-13(10-17-7-1)15-19-16(21-20-15)12-5-6-14-11(9-12)3-2-8-18-14/h2-3,5-6,8-9,13,17H,1,4,7,10H2. The van der Waals surface area contributed by atoms with Gasteiger partial charge in [-0.3, -0.25) is 4.98 Å². The van der Waals surface area contributed by atoms with Crippen LogP contribution in [0.4, 0.5) is 0 Å².